The highest BCUT2D eigenvalue weighted by Gasteiger charge is 2.32. The van der Waals surface area contributed by atoms with E-state index in [2.05, 4.69) is 4.90 Å². The van der Waals surface area contributed by atoms with E-state index in [1.54, 1.807) is 0 Å². The van der Waals surface area contributed by atoms with Crippen molar-refractivity contribution >= 4 is 27.9 Å². The van der Waals surface area contributed by atoms with E-state index < -0.39 is 11.7 Å². The van der Waals surface area contributed by atoms with E-state index in [-0.39, 0.29) is 24.4 Å². The van der Waals surface area contributed by atoms with Crippen LogP contribution < -0.4 is 5.73 Å². The summed E-state index contributed by atoms with van der Waals surface area (Å²) < 4.78 is 48.0. The van der Waals surface area contributed by atoms with Gasteiger partial charge >= 0.3 is 6.18 Å². The van der Waals surface area contributed by atoms with Crippen molar-refractivity contribution in [3.8, 4) is 0 Å². The molecule has 5 nitrogen and oxygen atoms in total. The molecule has 0 aliphatic carbocycles. The van der Waals surface area contributed by atoms with Crippen molar-refractivity contribution in [2.24, 2.45) is 5.73 Å². The summed E-state index contributed by atoms with van der Waals surface area (Å²) in [6.07, 6.45) is -0.219. The number of rotatable bonds is 6. The number of likely N-dealkylation sites (tertiary alicyclic amines) is 1. The number of furan rings is 1. The number of piperidine rings is 1. The molecule has 31 heavy (non-hydrogen) atoms. The predicted molar refractivity (Wildman–Crippen MR) is 114 cm³/mol. The maximum atomic E-state index is 13.3. The summed E-state index contributed by atoms with van der Waals surface area (Å²) in [6.45, 7) is 5.74. The standard InChI is InChI=1S/C23H28F3N3O2/c1-14(2)29-18-12-15(23(24,25)26)6-7-16(18)22-19(29)13-20(31-22)17(8-9-21(27)30)28-10-4-3-5-11-28/h6-7,12-14,17H,3-5,8-11H2,1-2H3,(H2,27,30). The maximum Gasteiger partial charge on any atom is 0.416 e. The lowest BCUT2D eigenvalue weighted by atomic mass is 10.0. The first-order valence-electron chi connectivity index (χ1n) is 10.8. The average Bonchev–Trinajstić information content (AvgIpc) is 3.24. The molecule has 2 N–H and O–H groups in total. The van der Waals surface area contributed by atoms with Crippen LogP contribution in [0.25, 0.3) is 22.0 Å². The molecule has 0 spiro atoms. The fourth-order valence-electron chi connectivity index (χ4n) is 4.74. The van der Waals surface area contributed by atoms with E-state index in [9.17, 15) is 18.0 Å². The zero-order chi connectivity index (χ0) is 22.3. The number of alkyl halides is 3. The molecule has 3 heterocycles. The summed E-state index contributed by atoms with van der Waals surface area (Å²) in [6, 6.07) is 5.59. The minimum absolute atomic E-state index is 0.0482. The molecule has 1 unspecified atom stereocenters. The largest absolute Gasteiger partial charge is 0.457 e. The first kappa shape index (κ1) is 21.7. The van der Waals surface area contributed by atoms with E-state index >= 15 is 0 Å². The zero-order valence-corrected chi connectivity index (χ0v) is 17.8. The Bertz CT molecular complexity index is 1090. The number of halogens is 3. The van der Waals surface area contributed by atoms with Crippen LogP contribution in [-0.2, 0) is 11.0 Å². The smallest absolute Gasteiger partial charge is 0.416 e. The molecule has 1 aromatic carbocycles. The van der Waals surface area contributed by atoms with E-state index in [1.165, 1.54) is 18.6 Å². The molecule has 3 aromatic rings. The summed E-state index contributed by atoms with van der Waals surface area (Å²) in [5.41, 5.74) is 6.62. The van der Waals surface area contributed by atoms with E-state index in [4.69, 9.17) is 10.2 Å². The quantitative estimate of drug-likeness (QED) is 0.534. The molecule has 2 aromatic heterocycles. The van der Waals surface area contributed by atoms with E-state index in [0.29, 0.717) is 22.9 Å². The van der Waals surface area contributed by atoms with Gasteiger partial charge in [0.2, 0.25) is 5.91 Å². The van der Waals surface area contributed by atoms with Crippen molar-refractivity contribution in [2.75, 3.05) is 13.1 Å². The molecule has 8 heteroatoms. The van der Waals surface area contributed by atoms with Crippen LogP contribution in [0.3, 0.4) is 0 Å². The van der Waals surface area contributed by atoms with Crippen LogP contribution in [0, 0.1) is 0 Å². The van der Waals surface area contributed by atoms with Gasteiger partial charge < -0.3 is 14.7 Å². The molecule has 0 bridgehead atoms. The van der Waals surface area contributed by atoms with Crippen molar-refractivity contribution in [3.63, 3.8) is 0 Å². The second-order valence-electron chi connectivity index (χ2n) is 8.67. The Morgan fingerprint density at radius 3 is 2.45 bits per heavy atom. The normalized spacial score (nSPS) is 17.1. The number of nitrogens with zero attached hydrogens (tertiary/aromatic N) is 2. The fourth-order valence-corrected chi connectivity index (χ4v) is 4.74. The van der Waals surface area contributed by atoms with Gasteiger partial charge in [0.25, 0.3) is 0 Å². The fraction of sp³-hybridized carbons (Fsp3) is 0.522. The van der Waals surface area contributed by atoms with E-state index in [1.807, 2.05) is 24.5 Å². The maximum absolute atomic E-state index is 13.3. The Morgan fingerprint density at radius 1 is 1.13 bits per heavy atom. The van der Waals surface area contributed by atoms with Gasteiger partial charge in [0.1, 0.15) is 5.76 Å². The number of nitrogens with two attached hydrogens (primary N) is 1. The molecule has 1 aliphatic heterocycles. The van der Waals surface area contributed by atoms with Crippen molar-refractivity contribution in [2.45, 2.75) is 64.2 Å². The minimum Gasteiger partial charge on any atom is -0.457 e. The summed E-state index contributed by atoms with van der Waals surface area (Å²) in [4.78, 5) is 13.8. The van der Waals surface area contributed by atoms with Crippen LogP contribution in [0.5, 0.6) is 0 Å². The number of amides is 1. The van der Waals surface area contributed by atoms with Crippen LogP contribution in [0.4, 0.5) is 13.2 Å². The number of primary amides is 1. The molecule has 1 fully saturated rings. The number of carbonyl (C=O) groups excluding carboxylic acids is 1. The lowest BCUT2D eigenvalue weighted by Gasteiger charge is -2.33. The third-order valence-corrected chi connectivity index (χ3v) is 6.16. The predicted octanol–water partition coefficient (Wildman–Crippen LogP) is 5.78. The highest BCUT2D eigenvalue weighted by Crippen LogP contribution is 2.40. The second kappa shape index (κ2) is 8.22. The Kier molecular flexibility index (Phi) is 5.77. The summed E-state index contributed by atoms with van der Waals surface area (Å²) in [7, 11) is 0. The molecule has 1 saturated heterocycles. The van der Waals surface area contributed by atoms with Gasteiger partial charge in [0.05, 0.1) is 22.6 Å². The van der Waals surface area contributed by atoms with Gasteiger partial charge in [-0.15, -0.1) is 0 Å². The van der Waals surface area contributed by atoms with Crippen LogP contribution in [0.15, 0.2) is 28.7 Å². The Labute approximate surface area is 179 Å². The zero-order valence-electron chi connectivity index (χ0n) is 17.8. The van der Waals surface area contributed by atoms with Crippen LogP contribution in [0.1, 0.15) is 69.4 Å². The van der Waals surface area contributed by atoms with E-state index in [0.717, 1.165) is 43.3 Å². The lowest BCUT2D eigenvalue weighted by Crippen LogP contribution is -2.34. The van der Waals surface area contributed by atoms with Crippen molar-refractivity contribution in [3.05, 3.63) is 35.6 Å². The Hall–Kier alpha value is -2.48. The van der Waals surface area contributed by atoms with Crippen LogP contribution in [-0.4, -0.2) is 28.5 Å². The van der Waals surface area contributed by atoms with Crippen molar-refractivity contribution in [1.82, 2.24) is 9.47 Å². The molecule has 4 rings (SSSR count). The third kappa shape index (κ3) is 4.18. The number of carbonyl (C=O) groups is 1. The first-order valence-corrected chi connectivity index (χ1v) is 10.8. The molecule has 1 amide bonds. The molecule has 1 aliphatic rings. The second-order valence-corrected chi connectivity index (χ2v) is 8.67. The minimum atomic E-state index is -4.40. The van der Waals surface area contributed by atoms with Gasteiger partial charge in [0.15, 0.2) is 5.58 Å². The lowest BCUT2D eigenvalue weighted by molar-refractivity contribution is -0.137. The molecule has 0 saturated carbocycles. The average molecular weight is 435 g/mol. The van der Waals surface area contributed by atoms with Gasteiger partial charge in [-0.3, -0.25) is 9.69 Å². The number of hydrogen-bond acceptors (Lipinski definition) is 3. The SMILES string of the molecule is CC(C)n1c2cc(C(F)(F)F)ccc2c2oc(C(CCC(N)=O)N3CCCCC3)cc21. The number of fused-ring (bicyclic) bond motifs is 3. The molecule has 0 radical (unpaired) electrons. The number of hydrogen-bond donors (Lipinski definition) is 1. The van der Waals surface area contributed by atoms with Crippen molar-refractivity contribution < 1.29 is 22.4 Å². The molecular weight excluding hydrogens is 407 g/mol. The Balaban J connectivity index is 1.83. The molecule has 168 valence electrons. The third-order valence-electron chi connectivity index (χ3n) is 6.16. The summed E-state index contributed by atoms with van der Waals surface area (Å²) in [5, 5.41) is 0.662. The van der Waals surface area contributed by atoms with Gasteiger partial charge in [-0.1, -0.05) is 6.42 Å². The van der Waals surface area contributed by atoms with Gasteiger partial charge in [-0.25, -0.2) is 0 Å². The van der Waals surface area contributed by atoms with Gasteiger partial charge in [-0.2, -0.15) is 13.2 Å². The monoisotopic (exact) mass is 435 g/mol. The van der Waals surface area contributed by atoms with Crippen molar-refractivity contribution in [1.29, 1.82) is 0 Å². The van der Waals surface area contributed by atoms with Crippen LogP contribution in [0.2, 0.25) is 0 Å². The van der Waals surface area contributed by atoms with Crippen LogP contribution >= 0.6 is 0 Å². The highest BCUT2D eigenvalue weighted by atomic mass is 19.4. The number of benzene rings is 1. The highest BCUT2D eigenvalue weighted by molar-refractivity contribution is 6.05. The topological polar surface area (TPSA) is 64.4 Å². The summed E-state index contributed by atoms with van der Waals surface area (Å²) >= 11 is 0. The van der Waals surface area contributed by atoms with Gasteiger partial charge in [0, 0.05) is 23.9 Å². The molecule has 1 atom stereocenters. The summed E-state index contributed by atoms with van der Waals surface area (Å²) in [5.74, 6) is 0.388. The first-order chi connectivity index (χ1) is 14.7. The Morgan fingerprint density at radius 2 is 1.84 bits per heavy atom. The number of aromatic nitrogens is 1. The molecular formula is C23H28F3N3O2. The van der Waals surface area contributed by atoms with Gasteiger partial charge in [-0.05, 0) is 64.4 Å².